The van der Waals surface area contributed by atoms with Crippen molar-refractivity contribution in [3.05, 3.63) is 29.3 Å². The molecule has 120 valence electrons. The molecule has 0 aliphatic carbocycles. The van der Waals surface area contributed by atoms with Crippen LogP contribution in [0.1, 0.15) is 38.3 Å². The van der Waals surface area contributed by atoms with Crippen LogP contribution in [-0.2, 0) is 6.54 Å². The second kappa shape index (κ2) is 9.80. The van der Waals surface area contributed by atoms with Gasteiger partial charge in [0.25, 0.3) is 0 Å². The van der Waals surface area contributed by atoms with E-state index in [1.807, 2.05) is 7.05 Å². The van der Waals surface area contributed by atoms with Crippen molar-refractivity contribution < 1.29 is 0 Å². The van der Waals surface area contributed by atoms with Crippen LogP contribution in [0.25, 0.3) is 0 Å². The summed E-state index contributed by atoms with van der Waals surface area (Å²) in [5.41, 5.74) is 4.13. The Kier molecular flexibility index (Phi) is 8.40. The van der Waals surface area contributed by atoms with Gasteiger partial charge in [-0.15, -0.1) is 0 Å². The standard InChI is InChI=1S/C18H33N3/c1-6-20(7-2)12-9-13-21(8-3)18-11-10-17(15-19-5)14-16(18)4/h10-11,14,19H,6-9,12-13,15H2,1-5H3. The largest absolute Gasteiger partial charge is 0.372 e. The van der Waals surface area contributed by atoms with Crippen LogP contribution < -0.4 is 10.2 Å². The summed E-state index contributed by atoms with van der Waals surface area (Å²) < 4.78 is 0. The van der Waals surface area contributed by atoms with E-state index in [1.165, 1.54) is 29.8 Å². The van der Waals surface area contributed by atoms with Gasteiger partial charge < -0.3 is 15.1 Å². The van der Waals surface area contributed by atoms with Gasteiger partial charge in [0.1, 0.15) is 0 Å². The lowest BCUT2D eigenvalue weighted by atomic mass is 10.1. The Morgan fingerprint density at radius 3 is 2.24 bits per heavy atom. The number of nitrogens with zero attached hydrogens (tertiary/aromatic N) is 2. The van der Waals surface area contributed by atoms with Crippen LogP contribution in [0.3, 0.4) is 0 Å². The van der Waals surface area contributed by atoms with Crippen LogP contribution >= 0.6 is 0 Å². The summed E-state index contributed by atoms with van der Waals surface area (Å²) in [6.45, 7) is 15.6. The van der Waals surface area contributed by atoms with E-state index in [-0.39, 0.29) is 0 Å². The maximum atomic E-state index is 3.21. The van der Waals surface area contributed by atoms with E-state index in [0.717, 1.165) is 32.7 Å². The van der Waals surface area contributed by atoms with E-state index in [1.54, 1.807) is 0 Å². The summed E-state index contributed by atoms with van der Waals surface area (Å²) in [6.07, 6.45) is 1.23. The summed E-state index contributed by atoms with van der Waals surface area (Å²) in [5, 5.41) is 3.21. The summed E-state index contributed by atoms with van der Waals surface area (Å²) in [5.74, 6) is 0. The second-order valence-electron chi connectivity index (χ2n) is 5.61. The Morgan fingerprint density at radius 2 is 1.71 bits per heavy atom. The molecule has 3 nitrogen and oxygen atoms in total. The first-order valence-electron chi connectivity index (χ1n) is 8.37. The van der Waals surface area contributed by atoms with Crippen molar-refractivity contribution >= 4 is 5.69 Å². The molecule has 21 heavy (non-hydrogen) atoms. The van der Waals surface area contributed by atoms with Gasteiger partial charge in [-0.2, -0.15) is 0 Å². The first-order chi connectivity index (χ1) is 10.2. The molecule has 0 aromatic heterocycles. The molecule has 0 unspecified atom stereocenters. The number of hydrogen-bond donors (Lipinski definition) is 1. The van der Waals surface area contributed by atoms with Crippen LogP contribution in [0.15, 0.2) is 18.2 Å². The molecule has 0 bridgehead atoms. The monoisotopic (exact) mass is 291 g/mol. The molecule has 1 aromatic carbocycles. The summed E-state index contributed by atoms with van der Waals surface area (Å²) in [7, 11) is 1.99. The minimum absolute atomic E-state index is 0.940. The molecule has 3 heteroatoms. The third-order valence-corrected chi connectivity index (χ3v) is 4.16. The topological polar surface area (TPSA) is 18.5 Å². The van der Waals surface area contributed by atoms with Gasteiger partial charge in [-0.1, -0.05) is 26.0 Å². The lowest BCUT2D eigenvalue weighted by Gasteiger charge is -2.27. The van der Waals surface area contributed by atoms with Gasteiger partial charge in [-0.3, -0.25) is 0 Å². The van der Waals surface area contributed by atoms with Crippen molar-refractivity contribution in [3.63, 3.8) is 0 Å². The van der Waals surface area contributed by atoms with Gasteiger partial charge in [0.2, 0.25) is 0 Å². The minimum atomic E-state index is 0.940. The molecule has 0 saturated heterocycles. The normalized spacial score (nSPS) is 11.1. The second-order valence-corrected chi connectivity index (χ2v) is 5.61. The average molecular weight is 291 g/mol. The zero-order valence-electron chi connectivity index (χ0n) is 14.6. The van der Waals surface area contributed by atoms with Gasteiger partial charge in [0, 0.05) is 25.3 Å². The summed E-state index contributed by atoms with van der Waals surface area (Å²) >= 11 is 0. The van der Waals surface area contributed by atoms with Crippen LogP contribution in [0.5, 0.6) is 0 Å². The molecular weight excluding hydrogens is 258 g/mol. The first-order valence-corrected chi connectivity index (χ1v) is 8.37. The van der Waals surface area contributed by atoms with Gasteiger partial charge in [-0.25, -0.2) is 0 Å². The Bertz CT molecular complexity index is 399. The molecule has 1 aromatic rings. The van der Waals surface area contributed by atoms with Crippen LogP contribution in [0.4, 0.5) is 5.69 Å². The molecule has 0 spiro atoms. The highest BCUT2D eigenvalue weighted by molar-refractivity contribution is 5.54. The Morgan fingerprint density at radius 1 is 1.00 bits per heavy atom. The van der Waals surface area contributed by atoms with E-state index in [2.05, 4.69) is 61.0 Å². The highest BCUT2D eigenvalue weighted by atomic mass is 15.1. The van der Waals surface area contributed by atoms with Gasteiger partial charge in [0.05, 0.1) is 0 Å². The molecule has 0 atom stereocenters. The van der Waals surface area contributed by atoms with Crippen molar-refractivity contribution in [1.82, 2.24) is 10.2 Å². The molecule has 0 fully saturated rings. The van der Waals surface area contributed by atoms with E-state index in [0.29, 0.717) is 0 Å². The summed E-state index contributed by atoms with van der Waals surface area (Å²) in [4.78, 5) is 5.00. The Labute approximate surface area is 131 Å². The van der Waals surface area contributed by atoms with Crippen LogP contribution in [0.2, 0.25) is 0 Å². The van der Waals surface area contributed by atoms with E-state index in [4.69, 9.17) is 0 Å². The smallest absolute Gasteiger partial charge is 0.0396 e. The molecule has 0 aliphatic heterocycles. The SMILES string of the molecule is CCN(CC)CCCN(CC)c1ccc(CNC)cc1C. The van der Waals surface area contributed by atoms with Crippen LogP contribution in [0, 0.1) is 6.92 Å². The van der Waals surface area contributed by atoms with Crippen molar-refractivity contribution in [2.75, 3.05) is 44.7 Å². The maximum absolute atomic E-state index is 3.21. The van der Waals surface area contributed by atoms with Crippen molar-refractivity contribution in [2.24, 2.45) is 0 Å². The summed E-state index contributed by atoms with van der Waals surface area (Å²) in [6, 6.07) is 6.83. The predicted molar refractivity (Wildman–Crippen MR) is 94.2 cm³/mol. The highest BCUT2D eigenvalue weighted by Gasteiger charge is 2.08. The zero-order valence-corrected chi connectivity index (χ0v) is 14.6. The molecular formula is C18H33N3. The van der Waals surface area contributed by atoms with Crippen LogP contribution in [-0.4, -0.2) is 44.7 Å². The van der Waals surface area contributed by atoms with Gasteiger partial charge >= 0.3 is 0 Å². The lowest BCUT2D eigenvalue weighted by Crippen LogP contribution is -2.30. The molecule has 0 amide bonds. The Balaban J connectivity index is 2.63. The molecule has 1 N–H and O–H groups in total. The van der Waals surface area contributed by atoms with Gasteiger partial charge in [-0.05, 0) is 64.1 Å². The first kappa shape index (κ1) is 18.0. The zero-order chi connectivity index (χ0) is 15.7. The van der Waals surface area contributed by atoms with E-state index in [9.17, 15) is 0 Å². The molecule has 0 aliphatic rings. The fraction of sp³-hybridized carbons (Fsp3) is 0.667. The number of aryl methyl sites for hydroxylation is 1. The molecule has 0 heterocycles. The lowest BCUT2D eigenvalue weighted by molar-refractivity contribution is 0.300. The fourth-order valence-electron chi connectivity index (χ4n) is 2.86. The number of benzene rings is 1. The van der Waals surface area contributed by atoms with E-state index < -0.39 is 0 Å². The van der Waals surface area contributed by atoms with Gasteiger partial charge in [0.15, 0.2) is 0 Å². The quantitative estimate of drug-likeness (QED) is 0.714. The number of anilines is 1. The third-order valence-electron chi connectivity index (χ3n) is 4.16. The highest BCUT2D eigenvalue weighted by Crippen LogP contribution is 2.21. The van der Waals surface area contributed by atoms with E-state index >= 15 is 0 Å². The number of hydrogen-bond acceptors (Lipinski definition) is 3. The predicted octanol–water partition coefficient (Wildman–Crippen LogP) is 3.27. The maximum Gasteiger partial charge on any atom is 0.0396 e. The number of rotatable bonds is 10. The Hall–Kier alpha value is -1.06. The minimum Gasteiger partial charge on any atom is -0.372 e. The average Bonchev–Trinajstić information content (AvgIpc) is 2.49. The molecule has 0 saturated carbocycles. The van der Waals surface area contributed by atoms with Crippen molar-refractivity contribution in [3.8, 4) is 0 Å². The fourth-order valence-corrected chi connectivity index (χ4v) is 2.86. The molecule has 0 radical (unpaired) electrons. The van der Waals surface area contributed by atoms with Crippen molar-refractivity contribution in [1.29, 1.82) is 0 Å². The van der Waals surface area contributed by atoms with Crippen molar-refractivity contribution in [2.45, 2.75) is 40.7 Å². The number of nitrogens with one attached hydrogen (secondary N) is 1. The molecule has 1 rings (SSSR count). The third kappa shape index (κ3) is 5.68.